The van der Waals surface area contributed by atoms with Crippen LogP contribution < -0.4 is 5.32 Å². The van der Waals surface area contributed by atoms with Crippen molar-refractivity contribution in [3.05, 3.63) is 75.6 Å². The van der Waals surface area contributed by atoms with E-state index >= 15 is 0 Å². The van der Waals surface area contributed by atoms with Crippen LogP contribution in [0.5, 0.6) is 0 Å². The van der Waals surface area contributed by atoms with Crippen LogP contribution in [0.2, 0.25) is 0 Å². The normalized spacial score (nSPS) is 11.7. The third-order valence-electron chi connectivity index (χ3n) is 3.10. The van der Waals surface area contributed by atoms with Crippen molar-refractivity contribution in [3.8, 4) is 0 Å². The first-order chi connectivity index (χ1) is 10.5. The van der Waals surface area contributed by atoms with Crippen LogP contribution in [-0.4, -0.2) is 22.5 Å². The highest BCUT2D eigenvalue weighted by Crippen LogP contribution is 2.18. The zero-order valence-corrected chi connectivity index (χ0v) is 11.4. The van der Waals surface area contributed by atoms with Gasteiger partial charge in [-0.1, -0.05) is 30.3 Å². The van der Waals surface area contributed by atoms with E-state index < -0.39 is 28.4 Å². The lowest BCUT2D eigenvalue weighted by Gasteiger charge is -2.16. The number of halogens is 1. The van der Waals surface area contributed by atoms with Crippen LogP contribution in [0.1, 0.15) is 22.0 Å². The number of nitro groups is 1. The van der Waals surface area contributed by atoms with E-state index in [1.807, 2.05) is 0 Å². The van der Waals surface area contributed by atoms with Crippen molar-refractivity contribution in [2.24, 2.45) is 0 Å². The Hall–Kier alpha value is -2.80. The molecule has 0 aliphatic heterocycles. The van der Waals surface area contributed by atoms with Crippen LogP contribution in [0.3, 0.4) is 0 Å². The highest BCUT2D eigenvalue weighted by atomic mass is 19.1. The molecule has 0 saturated heterocycles. The predicted octanol–water partition coefficient (Wildman–Crippen LogP) is 2.20. The quantitative estimate of drug-likeness (QED) is 0.654. The van der Waals surface area contributed by atoms with E-state index in [1.165, 1.54) is 0 Å². The summed E-state index contributed by atoms with van der Waals surface area (Å²) in [5, 5.41) is 22.4. The Labute approximate surface area is 125 Å². The minimum absolute atomic E-state index is 0.319. The first kappa shape index (κ1) is 15.6. The van der Waals surface area contributed by atoms with E-state index in [-0.39, 0.29) is 12.2 Å². The lowest BCUT2D eigenvalue weighted by atomic mass is 10.1. The molecule has 1 unspecified atom stereocenters. The average Bonchev–Trinajstić information content (AvgIpc) is 2.53. The monoisotopic (exact) mass is 304 g/mol. The van der Waals surface area contributed by atoms with E-state index in [4.69, 9.17) is 0 Å². The smallest absolute Gasteiger partial charge is 0.272 e. The SMILES string of the molecule is O=C(NC(CO)c1ccccc1)c1ccc([N+](=O)[O-])cc1F. The fourth-order valence-electron chi connectivity index (χ4n) is 1.96. The molecule has 0 spiro atoms. The van der Waals surface area contributed by atoms with Crippen LogP contribution >= 0.6 is 0 Å². The number of benzene rings is 2. The van der Waals surface area contributed by atoms with Crippen LogP contribution in [0.15, 0.2) is 48.5 Å². The second-order valence-corrected chi connectivity index (χ2v) is 4.54. The van der Waals surface area contributed by atoms with Gasteiger partial charge in [0.1, 0.15) is 5.82 Å². The molecule has 1 amide bonds. The van der Waals surface area contributed by atoms with Crippen LogP contribution in [0.4, 0.5) is 10.1 Å². The number of aliphatic hydroxyl groups excluding tert-OH is 1. The Morgan fingerprint density at radius 1 is 1.27 bits per heavy atom. The zero-order valence-electron chi connectivity index (χ0n) is 11.4. The molecule has 2 rings (SSSR count). The largest absolute Gasteiger partial charge is 0.394 e. The molecule has 0 aliphatic rings. The number of rotatable bonds is 5. The van der Waals surface area contributed by atoms with E-state index in [0.29, 0.717) is 11.6 Å². The summed E-state index contributed by atoms with van der Waals surface area (Å²) in [6, 6.07) is 10.8. The number of carbonyl (C=O) groups excluding carboxylic acids is 1. The molecule has 0 fully saturated rings. The van der Waals surface area contributed by atoms with Crippen molar-refractivity contribution < 1.29 is 19.2 Å². The lowest BCUT2D eigenvalue weighted by molar-refractivity contribution is -0.385. The van der Waals surface area contributed by atoms with Gasteiger partial charge < -0.3 is 10.4 Å². The first-order valence-corrected chi connectivity index (χ1v) is 6.43. The van der Waals surface area contributed by atoms with Gasteiger partial charge in [0.2, 0.25) is 0 Å². The molecule has 1 atom stereocenters. The molecular formula is C15H13FN2O4. The van der Waals surface area contributed by atoms with Gasteiger partial charge in [0.25, 0.3) is 11.6 Å². The lowest BCUT2D eigenvalue weighted by Crippen LogP contribution is -2.31. The van der Waals surface area contributed by atoms with Gasteiger partial charge in [-0.15, -0.1) is 0 Å². The second-order valence-electron chi connectivity index (χ2n) is 4.54. The fourth-order valence-corrected chi connectivity index (χ4v) is 1.96. The number of nitrogens with one attached hydrogen (secondary N) is 1. The summed E-state index contributed by atoms with van der Waals surface area (Å²) in [6.45, 7) is -0.357. The van der Waals surface area contributed by atoms with Crippen molar-refractivity contribution in [1.29, 1.82) is 0 Å². The Morgan fingerprint density at radius 2 is 1.95 bits per heavy atom. The minimum Gasteiger partial charge on any atom is -0.394 e. The second kappa shape index (κ2) is 6.77. The van der Waals surface area contributed by atoms with Crippen LogP contribution in [0, 0.1) is 15.9 Å². The van der Waals surface area contributed by atoms with Crippen LogP contribution in [-0.2, 0) is 0 Å². The molecule has 0 aromatic heterocycles. The van der Waals surface area contributed by atoms with Gasteiger partial charge >= 0.3 is 0 Å². The summed E-state index contributed by atoms with van der Waals surface area (Å²) in [4.78, 5) is 21.9. The highest BCUT2D eigenvalue weighted by Gasteiger charge is 2.19. The molecule has 2 aromatic carbocycles. The van der Waals surface area contributed by atoms with Gasteiger partial charge in [-0.3, -0.25) is 14.9 Å². The van der Waals surface area contributed by atoms with Gasteiger partial charge in [0.15, 0.2) is 0 Å². The molecule has 0 bridgehead atoms. The molecule has 0 heterocycles. The summed E-state index contributed by atoms with van der Waals surface area (Å²) in [6.07, 6.45) is 0. The van der Waals surface area contributed by atoms with E-state index in [0.717, 1.165) is 12.1 Å². The van der Waals surface area contributed by atoms with Gasteiger partial charge in [0, 0.05) is 6.07 Å². The highest BCUT2D eigenvalue weighted by molar-refractivity contribution is 5.95. The summed E-state index contributed by atoms with van der Waals surface area (Å²) in [7, 11) is 0. The van der Waals surface area contributed by atoms with E-state index in [9.17, 15) is 24.4 Å². The number of nitrogens with zero attached hydrogens (tertiary/aromatic N) is 1. The number of carbonyl (C=O) groups is 1. The summed E-state index contributed by atoms with van der Waals surface area (Å²) in [5.74, 6) is -1.74. The van der Waals surface area contributed by atoms with Gasteiger partial charge in [-0.25, -0.2) is 4.39 Å². The van der Waals surface area contributed by atoms with E-state index in [2.05, 4.69) is 5.32 Å². The maximum atomic E-state index is 13.8. The third-order valence-corrected chi connectivity index (χ3v) is 3.10. The van der Waals surface area contributed by atoms with Gasteiger partial charge in [-0.05, 0) is 11.6 Å². The number of amides is 1. The molecule has 114 valence electrons. The molecular weight excluding hydrogens is 291 g/mol. The molecule has 6 nitrogen and oxygen atoms in total. The Balaban J connectivity index is 2.19. The fraction of sp³-hybridized carbons (Fsp3) is 0.133. The summed E-state index contributed by atoms with van der Waals surface area (Å²) < 4.78 is 13.8. The van der Waals surface area contributed by atoms with Crippen molar-refractivity contribution in [2.45, 2.75) is 6.04 Å². The van der Waals surface area contributed by atoms with Crippen molar-refractivity contribution >= 4 is 11.6 Å². The first-order valence-electron chi connectivity index (χ1n) is 6.43. The summed E-state index contributed by atoms with van der Waals surface area (Å²) >= 11 is 0. The number of non-ortho nitro benzene ring substituents is 1. The average molecular weight is 304 g/mol. The maximum Gasteiger partial charge on any atom is 0.272 e. The number of nitro benzene ring substituents is 1. The summed E-state index contributed by atoms with van der Waals surface area (Å²) in [5.41, 5.74) is -0.0866. The van der Waals surface area contributed by atoms with Gasteiger partial charge in [0.05, 0.1) is 29.2 Å². The van der Waals surface area contributed by atoms with Gasteiger partial charge in [-0.2, -0.15) is 0 Å². The molecule has 0 saturated carbocycles. The van der Waals surface area contributed by atoms with Crippen molar-refractivity contribution in [3.63, 3.8) is 0 Å². The van der Waals surface area contributed by atoms with E-state index in [1.54, 1.807) is 30.3 Å². The Morgan fingerprint density at radius 3 is 2.50 bits per heavy atom. The topological polar surface area (TPSA) is 92.5 Å². The molecule has 0 radical (unpaired) electrons. The standard InChI is InChI=1S/C15H13FN2O4/c16-13-8-11(18(21)22)6-7-12(13)15(20)17-14(9-19)10-4-2-1-3-5-10/h1-8,14,19H,9H2,(H,17,20). The Kier molecular flexibility index (Phi) is 4.80. The predicted molar refractivity (Wildman–Crippen MR) is 76.8 cm³/mol. The molecule has 0 aliphatic carbocycles. The maximum absolute atomic E-state index is 13.8. The van der Waals surface area contributed by atoms with Crippen LogP contribution in [0.25, 0.3) is 0 Å². The number of hydrogen-bond acceptors (Lipinski definition) is 4. The molecule has 2 N–H and O–H groups in total. The van der Waals surface area contributed by atoms with Crippen molar-refractivity contribution in [1.82, 2.24) is 5.32 Å². The number of hydrogen-bond donors (Lipinski definition) is 2. The minimum atomic E-state index is -0.989. The van der Waals surface area contributed by atoms with Crippen molar-refractivity contribution in [2.75, 3.05) is 6.61 Å². The molecule has 22 heavy (non-hydrogen) atoms. The molecule has 7 heteroatoms. The molecule has 2 aromatic rings. The Bertz CT molecular complexity index is 691. The number of aliphatic hydroxyl groups is 1. The zero-order chi connectivity index (χ0) is 16.1. The third kappa shape index (κ3) is 3.44.